The molecule has 0 aliphatic rings. The lowest BCUT2D eigenvalue weighted by atomic mass is 10.2. The van der Waals surface area contributed by atoms with E-state index in [0.29, 0.717) is 0 Å². The number of nitrogens with one attached hydrogen (secondary N) is 1. The molecule has 0 fully saturated rings. The topological polar surface area (TPSA) is 137 Å². The number of aromatic nitrogens is 1. The molecule has 1 rings (SSSR count). The van der Waals surface area contributed by atoms with Crippen molar-refractivity contribution in [3.8, 4) is 0 Å². The van der Waals surface area contributed by atoms with Crippen molar-refractivity contribution in [1.29, 1.82) is 0 Å². The van der Waals surface area contributed by atoms with Gasteiger partial charge in [-0.05, 0) is 0 Å². The van der Waals surface area contributed by atoms with Gasteiger partial charge in [-0.3, -0.25) is 20.3 Å². The van der Waals surface area contributed by atoms with E-state index in [4.69, 9.17) is 11.6 Å². The number of hydrogen-bond acceptors (Lipinski definition) is 6. The van der Waals surface area contributed by atoms with Crippen LogP contribution in [0.3, 0.4) is 0 Å². The Morgan fingerprint density at radius 1 is 1.64 bits per heavy atom. The molecule has 0 radical (unpaired) electrons. The van der Waals surface area contributed by atoms with Crippen molar-refractivity contribution in [2.75, 3.05) is 5.73 Å². The number of hydrazine groups is 1. The van der Waals surface area contributed by atoms with Crippen LogP contribution in [0.5, 0.6) is 0 Å². The van der Waals surface area contributed by atoms with Gasteiger partial charge in [0.25, 0.3) is 11.6 Å². The number of anilines is 1. The second-order valence-electron chi connectivity index (χ2n) is 2.36. The zero-order valence-corrected chi connectivity index (χ0v) is 6.93. The second-order valence-corrected chi connectivity index (χ2v) is 2.36. The third-order valence-corrected chi connectivity index (χ3v) is 1.49. The van der Waals surface area contributed by atoms with Crippen LogP contribution in [0.15, 0.2) is 12.3 Å². The number of nitrogens with two attached hydrogens (primary N) is 2. The van der Waals surface area contributed by atoms with E-state index in [2.05, 4.69) is 4.98 Å². The van der Waals surface area contributed by atoms with Gasteiger partial charge in [0.2, 0.25) is 0 Å². The van der Waals surface area contributed by atoms with Crippen LogP contribution >= 0.6 is 0 Å². The summed E-state index contributed by atoms with van der Waals surface area (Å²) in [5.41, 5.74) is 6.68. The SMILES string of the molecule is NNC(=O)c1cc([N+](=O)[O-])cnc1N. The first-order chi connectivity index (χ1) is 6.56. The molecule has 0 unspecified atom stereocenters. The predicted octanol–water partition coefficient (Wildman–Crippen LogP) is -0.825. The summed E-state index contributed by atoms with van der Waals surface area (Å²) < 4.78 is 0. The molecule has 0 atom stereocenters. The van der Waals surface area contributed by atoms with Gasteiger partial charge in [-0.1, -0.05) is 0 Å². The fourth-order valence-corrected chi connectivity index (χ4v) is 0.824. The molecule has 5 N–H and O–H groups in total. The molecule has 1 aromatic heterocycles. The van der Waals surface area contributed by atoms with Gasteiger partial charge in [-0.15, -0.1) is 0 Å². The minimum absolute atomic E-state index is 0.112. The van der Waals surface area contributed by atoms with Gasteiger partial charge < -0.3 is 5.73 Å². The van der Waals surface area contributed by atoms with Gasteiger partial charge in [0, 0.05) is 6.07 Å². The van der Waals surface area contributed by atoms with Crippen molar-refractivity contribution >= 4 is 17.4 Å². The van der Waals surface area contributed by atoms with Crippen molar-refractivity contribution in [2.24, 2.45) is 5.84 Å². The van der Waals surface area contributed by atoms with E-state index in [1.807, 2.05) is 0 Å². The summed E-state index contributed by atoms with van der Waals surface area (Å²) in [7, 11) is 0. The summed E-state index contributed by atoms with van der Waals surface area (Å²) >= 11 is 0. The van der Waals surface area contributed by atoms with Crippen LogP contribution in [0.25, 0.3) is 0 Å². The molecule has 1 aromatic rings. The van der Waals surface area contributed by atoms with Crippen molar-refractivity contribution < 1.29 is 9.72 Å². The Balaban J connectivity index is 3.21. The van der Waals surface area contributed by atoms with Gasteiger partial charge in [0.05, 0.1) is 10.5 Å². The van der Waals surface area contributed by atoms with Crippen molar-refractivity contribution in [1.82, 2.24) is 10.4 Å². The van der Waals surface area contributed by atoms with Crippen LogP contribution < -0.4 is 17.0 Å². The third kappa shape index (κ3) is 1.75. The first kappa shape index (κ1) is 9.86. The normalized spacial score (nSPS) is 9.50. The van der Waals surface area contributed by atoms with Crippen molar-refractivity contribution in [2.45, 2.75) is 0 Å². The summed E-state index contributed by atoms with van der Waals surface area (Å²) in [5, 5.41) is 10.3. The summed E-state index contributed by atoms with van der Waals surface area (Å²) in [6.45, 7) is 0. The maximum absolute atomic E-state index is 11.0. The lowest BCUT2D eigenvalue weighted by molar-refractivity contribution is -0.385. The fraction of sp³-hybridized carbons (Fsp3) is 0. The van der Waals surface area contributed by atoms with Crippen molar-refractivity contribution in [3.05, 3.63) is 27.9 Å². The van der Waals surface area contributed by atoms with Gasteiger partial charge in [-0.2, -0.15) is 0 Å². The smallest absolute Gasteiger partial charge is 0.288 e. The Bertz CT molecular complexity index is 391. The molecule has 14 heavy (non-hydrogen) atoms. The lowest BCUT2D eigenvalue weighted by Crippen LogP contribution is -2.30. The molecule has 0 spiro atoms. The number of carbonyl (C=O) groups excluding carboxylic acids is 1. The number of rotatable bonds is 2. The Labute approximate surface area is 78.0 Å². The van der Waals surface area contributed by atoms with Crippen LogP contribution in [-0.4, -0.2) is 15.8 Å². The number of carbonyl (C=O) groups is 1. The Morgan fingerprint density at radius 2 is 2.29 bits per heavy atom. The monoisotopic (exact) mass is 197 g/mol. The summed E-state index contributed by atoms with van der Waals surface area (Å²) in [5.74, 6) is 4.01. The van der Waals surface area contributed by atoms with E-state index in [0.717, 1.165) is 12.3 Å². The molecule has 74 valence electrons. The van der Waals surface area contributed by atoms with Gasteiger partial charge in [0.15, 0.2) is 0 Å². The maximum atomic E-state index is 11.0. The molecule has 0 aromatic carbocycles. The largest absolute Gasteiger partial charge is 0.383 e. The highest BCUT2D eigenvalue weighted by Crippen LogP contribution is 2.15. The zero-order chi connectivity index (χ0) is 10.7. The first-order valence-corrected chi connectivity index (χ1v) is 3.47. The number of nitrogens with zero attached hydrogens (tertiary/aromatic N) is 2. The van der Waals surface area contributed by atoms with E-state index in [-0.39, 0.29) is 17.1 Å². The van der Waals surface area contributed by atoms with E-state index in [1.165, 1.54) is 0 Å². The van der Waals surface area contributed by atoms with E-state index in [9.17, 15) is 14.9 Å². The molecule has 0 aliphatic heterocycles. The Morgan fingerprint density at radius 3 is 2.79 bits per heavy atom. The quantitative estimate of drug-likeness (QED) is 0.245. The van der Waals surface area contributed by atoms with Crippen LogP contribution in [0.1, 0.15) is 10.4 Å². The van der Waals surface area contributed by atoms with Crippen LogP contribution in [-0.2, 0) is 0 Å². The standard InChI is InChI=1S/C6H7N5O3/c7-5-4(6(12)10-8)1-3(2-9-5)11(13)14/h1-2H,8H2,(H2,7,9)(H,10,12). The van der Waals surface area contributed by atoms with Gasteiger partial charge in [-0.25, -0.2) is 10.8 Å². The maximum Gasteiger partial charge on any atom is 0.288 e. The minimum Gasteiger partial charge on any atom is -0.383 e. The Hall–Kier alpha value is -2.22. The number of pyridine rings is 1. The summed E-state index contributed by atoms with van der Waals surface area (Å²) in [6.07, 6.45) is 0.961. The molecule has 0 aliphatic carbocycles. The molecule has 1 heterocycles. The van der Waals surface area contributed by atoms with Crippen LogP contribution in [0.2, 0.25) is 0 Å². The van der Waals surface area contributed by atoms with E-state index < -0.39 is 10.8 Å². The number of amides is 1. The molecule has 8 nitrogen and oxygen atoms in total. The van der Waals surface area contributed by atoms with E-state index >= 15 is 0 Å². The Kier molecular flexibility index (Phi) is 2.58. The molecular formula is C6H7N5O3. The average Bonchev–Trinajstić information content (AvgIpc) is 2.17. The predicted molar refractivity (Wildman–Crippen MR) is 47.0 cm³/mol. The first-order valence-electron chi connectivity index (χ1n) is 3.47. The van der Waals surface area contributed by atoms with Gasteiger partial charge >= 0.3 is 0 Å². The zero-order valence-electron chi connectivity index (χ0n) is 6.93. The van der Waals surface area contributed by atoms with Crippen LogP contribution in [0, 0.1) is 10.1 Å². The average molecular weight is 197 g/mol. The molecule has 8 heteroatoms. The highest BCUT2D eigenvalue weighted by Gasteiger charge is 2.15. The highest BCUT2D eigenvalue weighted by atomic mass is 16.6. The third-order valence-electron chi connectivity index (χ3n) is 1.49. The molecule has 1 amide bonds. The number of hydrogen-bond donors (Lipinski definition) is 3. The summed E-state index contributed by atoms with van der Waals surface area (Å²) in [6, 6.07) is 1.00. The lowest BCUT2D eigenvalue weighted by Gasteiger charge is -2.01. The second kappa shape index (κ2) is 3.66. The molecular weight excluding hydrogens is 190 g/mol. The minimum atomic E-state index is -0.723. The molecule has 0 bridgehead atoms. The van der Waals surface area contributed by atoms with Gasteiger partial charge in [0.1, 0.15) is 12.0 Å². The van der Waals surface area contributed by atoms with Crippen LogP contribution in [0.4, 0.5) is 11.5 Å². The van der Waals surface area contributed by atoms with Crippen molar-refractivity contribution in [3.63, 3.8) is 0 Å². The van der Waals surface area contributed by atoms with E-state index in [1.54, 1.807) is 5.43 Å². The molecule has 0 saturated heterocycles. The fourth-order valence-electron chi connectivity index (χ4n) is 0.824. The number of nitro groups is 1. The highest BCUT2D eigenvalue weighted by molar-refractivity contribution is 5.98. The molecule has 0 saturated carbocycles. The summed E-state index contributed by atoms with van der Waals surface area (Å²) in [4.78, 5) is 24.2. The number of nitrogen functional groups attached to an aromatic ring is 2.